The SMILES string of the molecule is CCOc1ccc(C2/C(=C(\[O-])c3ccc(OCC(C)C)c(C)c3)C(=O)C(=O)N2CCC[NH+]2CCOCC2)cc1. The molecule has 1 unspecified atom stereocenters. The Bertz CT molecular complexity index is 1180. The predicted octanol–water partition coefficient (Wildman–Crippen LogP) is 1.96. The van der Waals surface area contributed by atoms with Gasteiger partial charge in [0, 0.05) is 18.5 Å². The first-order valence-corrected chi connectivity index (χ1v) is 13.9. The van der Waals surface area contributed by atoms with Crippen molar-refractivity contribution in [3.05, 3.63) is 64.7 Å². The number of morpholine rings is 1. The molecule has 2 aromatic carbocycles. The van der Waals surface area contributed by atoms with Gasteiger partial charge >= 0.3 is 0 Å². The minimum atomic E-state index is -0.745. The maximum atomic E-state index is 13.8. The number of likely N-dealkylation sites (tertiary alicyclic amines) is 1. The van der Waals surface area contributed by atoms with Crippen LogP contribution in [-0.4, -0.2) is 69.2 Å². The van der Waals surface area contributed by atoms with Gasteiger partial charge < -0.3 is 29.1 Å². The molecular weight excluding hydrogens is 496 g/mol. The fourth-order valence-electron chi connectivity index (χ4n) is 5.13. The van der Waals surface area contributed by atoms with Crippen LogP contribution in [0.25, 0.3) is 5.76 Å². The zero-order valence-electron chi connectivity index (χ0n) is 23.5. The number of rotatable bonds is 11. The van der Waals surface area contributed by atoms with Crippen molar-refractivity contribution in [1.82, 2.24) is 4.90 Å². The normalized spacial score (nSPS) is 19.6. The van der Waals surface area contributed by atoms with Crippen molar-refractivity contribution in [2.24, 2.45) is 5.92 Å². The van der Waals surface area contributed by atoms with E-state index in [1.807, 2.05) is 38.1 Å². The van der Waals surface area contributed by atoms with E-state index in [9.17, 15) is 14.7 Å². The molecule has 1 amide bonds. The van der Waals surface area contributed by atoms with Gasteiger partial charge in [0.25, 0.3) is 5.91 Å². The number of nitrogens with zero attached hydrogens (tertiary/aromatic N) is 1. The van der Waals surface area contributed by atoms with Crippen molar-refractivity contribution < 1.29 is 33.8 Å². The summed E-state index contributed by atoms with van der Waals surface area (Å²) in [4.78, 5) is 29.6. The fraction of sp³-hybridized carbons (Fsp3) is 0.484. The van der Waals surface area contributed by atoms with Crippen molar-refractivity contribution in [3.63, 3.8) is 0 Å². The lowest BCUT2D eigenvalue weighted by Gasteiger charge is -2.29. The lowest BCUT2D eigenvalue weighted by Crippen LogP contribution is -3.14. The number of Topliss-reactive ketones (excluding diaryl/α,β-unsaturated/α-hetero) is 1. The molecule has 39 heavy (non-hydrogen) atoms. The second-order valence-electron chi connectivity index (χ2n) is 10.6. The van der Waals surface area contributed by atoms with E-state index in [-0.39, 0.29) is 5.57 Å². The number of hydrogen-bond acceptors (Lipinski definition) is 6. The monoisotopic (exact) mass is 536 g/mol. The second kappa shape index (κ2) is 13.1. The number of ether oxygens (including phenoxy) is 3. The molecule has 0 aliphatic carbocycles. The lowest BCUT2D eigenvalue weighted by molar-refractivity contribution is -0.908. The maximum absolute atomic E-state index is 13.8. The summed E-state index contributed by atoms with van der Waals surface area (Å²) < 4.78 is 16.9. The molecule has 2 aliphatic rings. The van der Waals surface area contributed by atoms with Crippen molar-refractivity contribution >= 4 is 17.4 Å². The van der Waals surface area contributed by atoms with E-state index in [4.69, 9.17) is 14.2 Å². The quantitative estimate of drug-likeness (QED) is 0.268. The number of benzene rings is 2. The number of ketones is 1. The van der Waals surface area contributed by atoms with Crippen molar-refractivity contribution in [2.45, 2.75) is 40.2 Å². The first-order chi connectivity index (χ1) is 18.8. The molecule has 2 aliphatic heterocycles. The highest BCUT2D eigenvalue weighted by Crippen LogP contribution is 2.39. The van der Waals surface area contributed by atoms with Crippen LogP contribution in [0, 0.1) is 12.8 Å². The summed E-state index contributed by atoms with van der Waals surface area (Å²) in [5.41, 5.74) is 1.89. The van der Waals surface area contributed by atoms with Crippen LogP contribution in [0.1, 0.15) is 49.9 Å². The number of amides is 1. The number of carbonyl (C=O) groups is 2. The number of quaternary nitrogens is 1. The summed E-state index contributed by atoms with van der Waals surface area (Å²) in [6.45, 7) is 13.6. The van der Waals surface area contributed by atoms with E-state index in [1.54, 1.807) is 23.1 Å². The van der Waals surface area contributed by atoms with Gasteiger partial charge in [-0.15, -0.1) is 0 Å². The van der Waals surface area contributed by atoms with E-state index >= 15 is 0 Å². The largest absolute Gasteiger partial charge is 0.872 e. The third kappa shape index (κ3) is 6.81. The molecule has 210 valence electrons. The zero-order valence-corrected chi connectivity index (χ0v) is 23.5. The van der Waals surface area contributed by atoms with Gasteiger partial charge in [-0.2, -0.15) is 0 Å². The molecule has 1 atom stereocenters. The van der Waals surface area contributed by atoms with Gasteiger partial charge in [0.2, 0.25) is 5.78 Å². The van der Waals surface area contributed by atoms with Crippen LogP contribution >= 0.6 is 0 Å². The molecule has 2 aromatic rings. The minimum absolute atomic E-state index is 0.00173. The van der Waals surface area contributed by atoms with Gasteiger partial charge in [-0.05, 0) is 60.7 Å². The van der Waals surface area contributed by atoms with Crippen LogP contribution in [0.2, 0.25) is 0 Å². The molecule has 0 spiro atoms. The highest BCUT2D eigenvalue weighted by atomic mass is 16.5. The topological polar surface area (TPSA) is 92.6 Å². The second-order valence-corrected chi connectivity index (χ2v) is 10.6. The Morgan fingerprint density at radius 3 is 2.46 bits per heavy atom. The summed E-state index contributed by atoms with van der Waals surface area (Å²) in [5, 5.41) is 13.8. The molecular formula is C31H40N2O6. The van der Waals surface area contributed by atoms with Gasteiger partial charge in [-0.25, -0.2) is 0 Å². The Morgan fingerprint density at radius 1 is 1.10 bits per heavy atom. The summed E-state index contributed by atoms with van der Waals surface area (Å²) in [7, 11) is 0. The Kier molecular flexibility index (Phi) is 9.64. The summed E-state index contributed by atoms with van der Waals surface area (Å²) in [6, 6.07) is 11.7. The molecule has 8 heteroatoms. The van der Waals surface area contributed by atoms with E-state index in [0.717, 1.165) is 44.8 Å². The molecule has 2 fully saturated rings. The molecule has 2 heterocycles. The van der Waals surface area contributed by atoms with Gasteiger partial charge in [-0.3, -0.25) is 9.59 Å². The molecule has 0 radical (unpaired) electrons. The Labute approximate surface area is 231 Å². The van der Waals surface area contributed by atoms with E-state index in [1.165, 1.54) is 4.90 Å². The lowest BCUT2D eigenvalue weighted by atomic mass is 9.94. The first kappa shape index (κ1) is 28.6. The molecule has 8 nitrogen and oxygen atoms in total. The smallest absolute Gasteiger partial charge is 0.295 e. The predicted molar refractivity (Wildman–Crippen MR) is 147 cm³/mol. The minimum Gasteiger partial charge on any atom is -0.872 e. The maximum Gasteiger partial charge on any atom is 0.295 e. The van der Waals surface area contributed by atoms with Crippen molar-refractivity contribution in [1.29, 1.82) is 0 Å². The number of hydrogen-bond donors (Lipinski definition) is 1. The van der Waals surface area contributed by atoms with E-state index in [2.05, 4.69) is 13.8 Å². The average molecular weight is 537 g/mol. The molecule has 0 saturated carbocycles. The Balaban J connectivity index is 1.66. The third-order valence-electron chi connectivity index (χ3n) is 7.17. The Hall–Kier alpha value is -3.36. The first-order valence-electron chi connectivity index (χ1n) is 13.9. The summed E-state index contributed by atoms with van der Waals surface area (Å²) in [5.74, 6) is -0.00594. The van der Waals surface area contributed by atoms with Gasteiger partial charge in [0.05, 0.1) is 39.0 Å². The zero-order chi connectivity index (χ0) is 27.9. The summed E-state index contributed by atoms with van der Waals surface area (Å²) in [6.07, 6.45) is 0.727. The van der Waals surface area contributed by atoms with Gasteiger partial charge in [-0.1, -0.05) is 37.8 Å². The highest BCUT2D eigenvalue weighted by molar-refractivity contribution is 6.46. The average Bonchev–Trinajstić information content (AvgIpc) is 3.18. The standard InChI is InChI=1S/C31H40N2O6/c1-5-38-25-10-7-23(8-11-25)28-27(29(34)24-9-12-26(22(4)19-24)39-20-21(2)3)30(35)31(36)33(28)14-6-13-32-15-17-37-18-16-32/h7-12,19,21,28,34H,5-6,13-18,20H2,1-4H3/b29-27+. The van der Waals surface area contributed by atoms with Crippen molar-refractivity contribution in [3.8, 4) is 11.5 Å². The third-order valence-corrected chi connectivity index (χ3v) is 7.17. The number of aryl methyl sites for hydroxylation is 1. The molecule has 4 rings (SSSR count). The molecule has 2 saturated heterocycles. The highest BCUT2D eigenvalue weighted by Gasteiger charge is 2.44. The van der Waals surface area contributed by atoms with Crippen LogP contribution in [0.15, 0.2) is 48.0 Å². The molecule has 0 bridgehead atoms. The van der Waals surface area contributed by atoms with Crippen LogP contribution in [0.5, 0.6) is 11.5 Å². The molecule has 1 N–H and O–H groups in total. The van der Waals surface area contributed by atoms with E-state index < -0.39 is 23.5 Å². The fourth-order valence-corrected chi connectivity index (χ4v) is 5.13. The van der Waals surface area contributed by atoms with Gasteiger partial charge in [0.15, 0.2) is 0 Å². The summed E-state index contributed by atoms with van der Waals surface area (Å²) >= 11 is 0. The van der Waals surface area contributed by atoms with Crippen LogP contribution in [0.3, 0.4) is 0 Å². The van der Waals surface area contributed by atoms with E-state index in [0.29, 0.717) is 48.3 Å². The molecule has 0 aromatic heterocycles. The van der Waals surface area contributed by atoms with Crippen LogP contribution in [-0.2, 0) is 14.3 Å². The van der Waals surface area contributed by atoms with Crippen LogP contribution in [0.4, 0.5) is 0 Å². The van der Waals surface area contributed by atoms with Gasteiger partial charge in [0.1, 0.15) is 24.6 Å². The van der Waals surface area contributed by atoms with Crippen LogP contribution < -0.4 is 19.5 Å². The Morgan fingerprint density at radius 2 is 1.82 bits per heavy atom. The number of carbonyl (C=O) groups excluding carboxylic acids is 2. The van der Waals surface area contributed by atoms with Crippen molar-refractivity contribution in [2.75, 3.05) is 52.6 Å². The number of nitrogens with one attached hydrogen (secondary N) is 1.